The molecule has 128 valence electrons. The molecular weight excluding hydrogens is 312 g/mol. The summed E-state index contributed by atoms with van der Waals surface area (Å²) in [6, 6.07) is 8.46. The average molecular weight is 333 g/mol. The SMILES string of the molecule is Cn1nc(C(C)(F)F)cc1-c1ccc(C(=O)N2CCCCC2)cc1. The zero-order chi connectivity index (χ0) is 17.3. The van der Waals surface area contributed by atoms with Crippen LogP contribution in [0.25, 0.3) is 11.3 Å². The first-order valence-electron chi connectivity index (χ1n) is 8.18. The van der Waals surface area contributed by atoms with Crippen molar-refractivity contribution in [1.29, 1.82) is 0 Å². The number of rotatable bonds is 3. The number of nitrogens with zero attached hydrogens (tertiary/aromatic N) is 3. The second kappa shape index (κ2) is 6.34. The van der Waals surface area contributed by atoms with Gasteiger partial charge in [-0.05, 0) is 43.0 Å². The van der Waals surface area contributed by atoms with E-state index < -0.39 is 5.92 Å². The molecule has 4 nitrogen and oxygen atoms in total. The van der Waals surface area contributed by atoms with E-state index in [1.54, 1.807) is 31.3 Å². The van der Waals surface area contributed by atoms with Crippen LogP contribution >= 0.6 is 0 Å². The van der Waals surface area contributed by atoms with E-state index in [0.29, 0.717) is 11.3 Å². The second-order valence-electron chi connectivity index (χ2n) is 6.36. The van der Waals surface area contributed by atoms with Gasteiger partial charge in [-0.2, -0.15) is 13.9 Å². The van der Waals surface area contributed by atoms with E-state index in [4.69, 9.17) is 0 Å². The number of alkyl halides is 2. The zero-order valence-corrected chi connectivity index (χ0v) is 13.9. The maximum Gasteiger partial charge on any atom is 0.288 e. The fourth-order valence-electron chi connectivity index (χ4n) is 3.02. The van der Waals surface area contributed by atoms with Gasteiger partial charge in [-0.3, -0.25) is 9.48 Å². The lowest BCUT2D eigenvalue weighted by molar-refractivity contribution is 0.0122. The summed E-state index contributed by atoms with van der Waals surface area (Å²) in [6.07, 6.45) is 3.27. The summed E-state index contributed by atoms with van der Waals surface area (Å²) < 4.78 is 28.3. The molecule has 0 aliphatic carbocycles. The molecule has 0 atom stereocenters. The Balaban J connectivity index is 1.82. The molecule has 1 fully saturated rings. The van der Waals surface area contributed by atoms with E-state index in [9.17, 15) is 13.6 Å². The molecule has 3 rings (SSSR count). The molecule has 0 saturated carbocycles. The van der Waals surface area contributed by atoms with Crippen molar-refractivity contribution in [2.24, 2.45) is 7.05 Å². The molecule has 0 unspecified atom stereocenters. The number of halogens is 2. The molecule has 1 aromatic carbocycles. The third-order valence-electron chi connectivity index (χ3n) is 4.40. The van der Waals surface area contributed by atoms with Gasteiger partial charge in [0.1, 0.15) is 5.69 Å². The number of piperidine rings is 1. The first-order valence-corrected chi connectivity index (χ1v) is 8.18. The smallest absolute Gasteiger partial charge is 0.288 e. The lowest BCUT2D eigenvalue weighted by Gasteiger charge is -2.26. The molecule has 2 heterocycles. The third kappa shape index (κ3) is 3.32. The van der Waals surface area contributed by atoms with Gasteiger partial charge in [-0.1, -0.05) is 12.1 Å². The van der Waals surface area contributed by atoms with E-state index in [1.165, 1.54) is 17.2 Å². The number of carbonyl (C=O) groups is 1. The highest BCUT2D eigenvalue weighted by molar-refractivity contribution is 5.94. The predicted molar refractivity (Wildman–Crippen MR) is 88.0 cm³/mol. The van der Waals surface area contributed by atoms with Crippen LogP contribution in [0.15, 0.2) is 30.3 Å². The van der Waals surface area contributed by atoms with Crippen molar-refractivity contribution < 1.29 is 13.6 Å². The van der Waals surface area contributed by atoms with Crippen molar-refractivity contribution >= 4 is 5.91 Å². The highest BCUT2D eigenvalue weighted by Gasteiger charge is 2.29. The van der Waals surface area contributed by atoms with Crippen molar-refractivity contribution in [3.05, 3.63) is 41.6 Å². The average Bonchev–Trinajstić information content (AvgIpc) is 2.97. The van der Waals surface area contributed by atoms with Crippen LogP contribution in [0, 0.1) is 0 Å². The van der Waals surface area contributed by atoms with Crippen LogP contribution in [0.1, 0.15) is 42.2 Å². The summed E-state index contributed by atoms with van der Waals surface area (Å²) in [5.74, 6) is -2.94. The van der Waals surface area contributed by atoms with Gasteiger partial charge < -0.3 is 4.90 Å². The number of hydrogen-bond donors (Lipinski definition) is 0. The van der Waals surface area contributed by atoms with Crippen LogP contribution in [0.5, 0.6) is 0 Å². The highest BCUT2D eigenvalue weighted by atomic mass is 19.3. The molecule has 2 aromatic rings. The zero-order valence-electron chi connectivity index (χ0n) is 13.9. The molecule has 1 amide bonds. The normalized spacial score (nSPS) is 15.6. The van der Waals surface area contributed by atoms with Crippen LogP contribution in [0.2, 0.25) is 0 Å². The van der Waals surface area contributed by atoms with Crippen molar-refractivity contribution in [2.45, 2.75) is 32.1 Å². The Kier molecular flexibility index (Phi) is 4.39. The van der Waals surface area contributed by atoms with Gasteiger partial charge in [0, 0.05) is 32.6 Å². The highest BCUT2D eigenvalue weighted by Crippen LogP contribution is 2.30. The fourth-order valence-corrected chi connectivity index (χ4v) is 3.02. The van der Waals surface area contributed by atoms with Crippen molar-refractivity contribution in [3.8, 4) is 11.3 Å². The van der Waals surface area contributed by atoms with Gasteiger partial charge in [-0.15, -0.1) is 0 Å². The van der Waals surface area contributed by atoms with Gasteiger partial charge in [-0.25, -0.2) is 0 Å². The summed E-state index contributed by atoms with van der Waals surface area (Å²) in [5, 5.41) is 3.88. The summed E-state index contributed by atoms with van der Waals surface area (Å²) in [7, 11) is 1.64. The lowest BCUT2D eigenvalue weighted by Crippen LogP contribution is -2.35. The Hall–Kier alpha value is -2.24. The molecular formula is C18H21F2N3O. The van der Waals surface area contributed by atoms with E-state index in [-0.39, 0.29) is 11.6 Å². The Morgan fingerprint density at radius 1 is 1.12 bits per heavy atom. The number of likely N-dealkylation sites (tertiary alicyclic amines) is 1. The maximum atomic E-state index is 13.4. The Morgan fingerprint density at radius 2 is 1.75 bits per heavy atom. The van der Waals surface area contributed by atoms with E-state index in [0.717, 1.165) is 38.4 Å². The summed E-state index contributed by atoms with van der Waals surface area (Å²) in [6.45, 7) is 2.44. The quantitative estimate of drug-likeness (QED) is 0.856. The molecule has 1 aromatic heterocycles. The molecule has 0 N–H and O–H groups in total. The molecule has 24 heavy (non-hydrogen) atoms. The van der Waals surface area contributed by atoms with Gasteiger partial charge >= 0.3 is 0 Å². The molecule has 1 saturated heterocycles. The lowest BCUT2D eigenvalue weighted by atomic mass is 10.1. The summed E-state index contributed by atoms with van der Waals surface area (Å²) >= 11 is 0. The minimum atomic E-state index is -2.97. The maximum absolute atomic E-state index is 13.4. The second-order valence-corrected chi connectivity index (χ2v) is 6.36. The topological polar surface area (TPSA) is 38.1 Å². The van der Waals surface area contributed by atoms with Gasteiger partial charge in [0.25, 0.3) is 11.8 Å². The third-order valence-corrected chi connectivity index (χ3v) is 4.40. The number of aryl methyl sites for hydroxylation is 1. The minimum Gasteiger partial charge on any atom is -0.339 e. The van der Waals surface area contributed by atoms with Crippen molar-refractivity contribution in [1.82, 2.24) is 14.7 Å². The Bertz CT molecular complexity index is 726. The van der Waals surface area contributed by atoms with E-state index in [2.05, 4.69) is 5.10 Å². The van der Waals surface area contributed by atoms with Crippen LogP contribution in [-0.4, -0.2) is 33.7 Å². The molecule has 0 spiro atoms. The summed E-state index contributed by atoms with van der Waals surface area (Å²) in [4.78, 5) is 14.3. The van der Waals surface area contributed by atoms with Gasteiger partial charge in [0.15, 0.2) is 0 Å². The van der Waals surface area contributed by atoms with Crippen LogP contribution in [0.4, 0.5) is 8.78 Å². The largest absolute Gasteiger partial charge is 0.339 e. The number of carbonyl (C=O) groups excluding carboxylic acids is 1. The number of benzene rings is 1. The van der Waals surface area contributed by atoms with Crippen molar-refractivity contribution in [3.63, 3.8) is 0 Å². The molecule has 0 bridgehead atoms. The Morgan fingerprint density at radius 3 is 2.29 bits per heavy atom. The number of amides is 1. The first-order chi connectivity index (χ1) is 11.4. The predicted octanol–water partition coefficient (Wildman–Crippen LogP) is 3.82. The molecule has 6 heteroatoms. The molecule has 1 aliphatic heterocycles. The minimum absolute atomic E-state index is 0.0343. The van der Waals surface area contributed by atoms with Gasteiger partial charge in [0.2, 0.25) is 0 Å². The Labute approximate surface area is 140 Å². The number of hydrogen-bond acceptors (Lipinski definition) is 2. The monoisotopic (exact) mass is 333 g/mol. The van der Waals surface area contributed by atoms with Crippen LogP contribution < -0.4 is 0 Å². The van der Waals surface area contributed by atoms with Gasteiger partial charge in [0.05, 0.1) is 5.69 Å². The number of aromatic nitrogens is 2. The standard InChI is InChI=1S/C18H21F2N3O/c1-18(19,20)16-12-15(22(2)21-16)13-6-8-14(9-7-13)17(24)23-10-4-3-5-11-23/h6-9,12H,3-5,10-11H2,1-2H3. The van der Waals surface area contributed by atoms with Crippen LogP contribution in [-0.2, 0) is 13.0 Å². The van der Waals surface area contributed by atoms with E-state index in [1.807, 2.05) is 4.90 Å². The van der Waals surface area contributed by atoms with Crippen LogP contribution in [0.3, 0.4) is 0 Å². The first kappa shape index (κ1) is 16.6. The fraction of sp³-hybridized carbons (Fsp3) is 0.444. The van der Waals surface area contributed by atoms with E-state index >= 15 is 0 Å². The summed E-state index contributed by atoms with van der Waals surface area (Å²) in [5.41, 5.74) is 1.73. The molecule has 1 aliphatic rings. The molecule has 0 radical (unpaired) electrons. The van der Waals surface area contributed by atoms with Crippen molar-refractivity contribution in [2.75, 3.05) is 13.1 Å².